The van der Waals surface area contributed by atoms with E-state index in [-0.39, 0.29) is 16.8 Å². The summed E-state index contributed by atoms with van der Waals surface area (Å²) in [5, 5.41) is 11.7. The number of benzene rings is 1. The lowest BCUT2D eigenvalue weighted by Gasteiger charge is -2.03. The molecule has 0 spiro atoms. The van der Waals surface area contributed by atoms with Gasteiger partial charge in [0.1, 0.15) is 0 Å². The monoisotopic (exact) mass is 300 g/mol. The van der Waals surface area contributed by atoms with E-state index in [9.17, 15) is 4.79 Å². The number of halogens is 1. The number of hydrogen-bond acceptors (Lipinski definition) is 3. The van der Waals surface area contributed by atoms with Gasteiger partial charge in [0.25, 0.3) is 5.91 Å². The van der Waals surface area contributed by atoms with Crippen molar-refractivity contribution in [3.8, 4) is 0 Å². The summed E-state index contributed by atoms with van der Waals surface area (Å²) in [4.78, 5) is 15.1. The quantitative estimate of drug-likeness (QED) is 0.778. The Morgan fingerprint density at radius 1 is 1.19 bits per heavy atom. The van der Waals surface area contributed by atoms with Crippen LogP contribution in [0.25, 0.3) is 10.9 Å². The number of para-hydroxylation sites is 1. The molecule has 0 saturated carbocycles. The van der Waals surface area contributed by atoms with E-state index < -0.39 is 0 Å². The number of amides is 1. The first-order valence-electron chi connectivity index (χ1n) is 6.56. The molecular formula is C15H13ClN4O. The van der Waals surface area contributed by atoms with Crippen LogP contribution < -0.4 is 5.32 Å². The summed E-state index contributed by atoms with van der Waals surface area (Å²) in [5.74, 6) is -0.251. The normalized spacial score (nSPS) is 10.7. The van der Waals surface area contributed by atoms with Crippen molar-refractivity contribution in [1.29, 1.82) is 0 Å². The summed E-state index contributed by atoms with van der Waals surface area (Å²) in [6, 6.07) is 11.2. The van der Waals surface area contributed by atoms with Gasteiger partial charge in [0.05, 0.1) is 0 Å². The number of carbonyl (C=O) groups excluding carboxylic acids is 1. The molecule has 0 aliphatic heterocycles. The molecule has 0 atom stereocenters. The molecule has 1 aromatic carbocycles. The zero-order chi connectivity index (χ0) is 14.7. The second-order valence-corrected chi connectivity index (χ2v) is 4.99. The number of hydrogen-bond donors (Lipinski definition) is 2. The maximum absolute atomic E-state index is 11.9. The molecule has 0 bridgehead atoms. The number of fused-ring (bicyclic) bond motifs is 1. The summed E-state index contributed by atoms with van der Waals surface area (Å²) in [7, 11) is 0. The molecule has 21 heavy (non-hydrogen) atoms. The van der Waals surface area contributed by atoms with E-state index in [2.05, 4.69) is 26.6 Å². The Morgan fingerprint density at radius 2 is 2.05 bits per heavy atom. The highest BCUT2D eigenvalue weighted by Gasteiger charge is 2.08. The van der Waals surface area contributed by atoms with E-state index in [0.29, 0.717) is 6.54 Å². The third-order valence-electron chi connectivity index (χ3n) is 3.22. The van der Waals surface area contributed by atoms with E-state index in [4.69, 9.17) is 11.6 Å². The van der Waals surface area contributed by atoms with Crippen molar-refractivity contribution in [2.24, 2.45) is 0 Å². The Hall–Kier alpha value is -2.40. The van der Waals surface area contributed by atoms with Gasteiger partial charge in [-0.3, -0.25) is 4.79 Å². The highest BCUT2D eigenvalue weighted by molar-refractivity contribution is 6.29. The standard InChI is InChI=1S/C15H13ClN4O/c16-14-6-5-13(19-20-14)15(21)17-8-7-10-9-18-12-4-2-1-3-11(10)12/h1-6,9,18H,7-8H2,(H,17,21). The highest BCUT2D eigenvalue weighted by Crippen LogP contribution is 2.17. The van der Waals surface area contributed by atoms with Gasteiger partial charge in [0.15, 0.2) is 10.8 Å². The van der Waals surface area contributed by atoms with Crippen molar-refractivity contribution in [2.45, 2.75) is 6.42 Å². The van der Waals surface area contributed by atoms with Crippen LogP contribution in [0, 0.1) is 0 Å². The van der Waals surface area contributed by atoms with Gasteiger partial charge in [-0.15, -0.1) is 10.2 Å². The average Bonchev–Trinajstić information content (AvgIpc) is 2.91. The summed E-state index contributed by atoms with van der Waals surface area (Å²) in [6.07, 6.45) is 2.72. The first-order chi connectivity index (χ1) is 10.2. The zero-order valence-corrected chi connectivity index (χ0v) is 11.9. The van der Waals surface area contributed by atoms with Crippen LogP contribution in [0.2, 0.25) is 5.15 Å². The molecule has 6 heteroatoms. The Morgan fingerprint density at radius 3 is 2.86 bits per heavy atom. The molecule has 0 saturated heterocycles. The van der Waals surface area contributed by atoms with E-state index in [0.717, 1.165) is 11.9 Å². The second kappa shape index (κ2) is 5.93. The van der Waals surface area contributed by atoms with Crippen LogP contribution in [0.3, 0.4) is 0 Å². The fourth-order valence-corrected chi connectivity index (χ4v) is 2.28. The first kappa shape index (κ1) is 13.6. The van der Waals surface area contributed by atoms with Crippen molar-refractivity contribution in [1.82, 2.24) is 20.5 Å². The number of carbonyl (C=O) groups is 1. The van der Waals surface area contributed by atoms with Gasteiger partial charge in [0.2, 0.25) is 0 Å². The number of nitrogens with zero attached hydrogens (tertiary/aromatic N) is 2. The Bertz CT molecular complexity index is 767. The molecule has 2 heterocycles. The average molecular weight is 301 g/mol. The maximum atomic E-state index is 11.9. The Kier molecular flexibility index (Phi) is 3.83. The van der Waals surface area contributed by atoms with Crippen molar-refractivity contribution >= 4 is 28.4 Å². The molecule has 2 N–H and O–H groups in total. The minimum absolute atomic E-state index is 0.251. The predicted molar refractivity (Wildman–Crippen MR) is 81.4 cm³/mol. The molecular weight excluding hydrogens is 288 g/mol. The van der Waals surface area contributed by atoms with Gasteiger partial charge in [0, 0.05) is 23.6 Å². The minimum Gasteiger partial charge on any atom is -0.361 e. The number of aromatic nitrogens is 3. The maximum Gasteiger partial charge on any atom is 0.271 e. The van der Waals surface area contributed by atoms with Gasteiger partial charge in [-0.2, -0.15) is 0 Å². The fraction of sp³-hybridized carbons (Fsp3) is 0.133. The Balaban J connectivity index is 1.61. The molecule has 0 aliphatic carbocycles. The third-order valence-corrected chi connectivity index (χ3v) is 3.42. The SMILES string of the molecule is O=C(NCCc1c[nH]c2ccccc12)c1ccc(Cl)nn1. The van der Waals surface area contributed by atoms with Crippen LogP contribution in [0.15, 0.2) is 42.6 Å². The molecule has 0 fully saturated rings. The van der Waals surface area contributed by atoms with E-state index in [1.165, 1.54) is 10.9 Å². The lowest BCUT2D eigenvalue weighted by molar-refractivity contribution is 0.0948. The van der Waals surface area contributed by atoms with Crippen molar-refractivity contribution < 1.29 is 4.79 Å². The van der Waals surface area contributed by atoms with Crippen LogP contribution in [-0.2, 0) is 6.42 Å². The van der Waals surface area contributed by atoms with Gasteiger partial charge in [-0.1, -0.05) is 29.8 Å². The Labute approximate surface area is 126 Å². The number of aromatic amines is 1. The molecule has 1 amide bonds. The smallest absolute Gasteiger partial charge is 0.271 e. The number of H-pyrrole nitrogens is 1. The summed E-state index contributed by atoms with van der Waals surface area (Å²) >= 11 is 5.63. The van der Waals surface area contributed by atoms with Crippen LogP contribution in [-0.4, -0.2) is 27.6 Å². The second-order valence-electron chi connectivity index (χ2n) is 4.61. The molecule has 2 aromatic heterocycles. The van der Waals surface area contributed by atoms with Gasteiger partial charge in [-0.25, -0.2) is 0 Å². The lowest BCUT2D eigenvalue weighted by Crippen LogP contribution is -2.26. The van der Waals surface area contributed by atoms with Crippen LogP contribution in [0.4, 0.5) is 0 Å². The van der Waals surface area contributed by atoms with Gasteiger partial charge in [-0.05, 0) is 30.2 Å². The first-order valence-corrected chi connectivity index (χ1v) is 6.94. The highest BCUT2D eigenvalue weighted by atomic mass is 35.5. The van der Waals surface area contributed by atoms with Crippen molar-refractivity contribution in [2.75, 3.05) is 6.54 Å². The molecule has 0 aliphatic rings. The molecule has 3 rings (SSSR count). The molecule has 0 radical (unpaired) electrons. The van der Waals surface area contributed by atoms with Crippen molar-refractivity contribution in [3.63, 3.8) is 0 Å². The zero-order valence-electron chi connectivity index (χ0n) is 11.1. The molecule has 3 aromatic rings. The van der Waals surface area contributed by atoms with E-state index in [1.807, 2.05) is 24.4 Å². The molecule has 0 unspecified atom stereocenters. The minimum atomic E-state index is -0.251. The van der Waals surface area contributed by atoms with E-state index in [1.54, 1.807) is 12.1 Å². The predicted octanol–water partition coefficient (Wildman–Crippen LogP) is 2.58. The van der Waals surface area contributed by atoms with Gasteiger partial charge >= 0.3 is 0 Å². The largest absolute Gasteiger partial charge is 0.361 e. The van der Waals surface area contributed by atoms with Crippen LogP contribution in [0.5, 0.6) is 0 Å². The van der Waals surface area contributed by atoms with E-state index >= 15 is 0 Å². The van der Waals surface area contributed by atoms with Crippen LogP contribution in [0.1, 0.15) is 16.1 Å². The van der Waals surface area contributed by atoms with Crippen molar-refractivity contribution in [3.05, 3.63) is 59.0 Å². The van der Waals surface area contributed by atoms with Gasteiger partial charge < -0.3 is 10.3 Å². The fourth-order valence-electron chi connectivity index (χ4n) is 2.18. The summed E-state index contributed by atoms with van der Waals surface area (Å²) in [6.45, 7) is 0.533. The lowest BCUT2D eigenvalue weighted by atomic mass is 10.1. The molecule has 106 valence electrons. The number of rotatable bonds is 4. The molecule has 5 nitrogen and oxygen atoms in total. The summed E-state index contributed by atoms with van der Waals surface area (Å²) < 4.78 is 0. The topological polar surface area (TPSA) is 70.7 Å². The van der Waals surface area contributed by atoms with Crippen LogP contribution >= 0.6 is 11.6 Å². The summed E-state index contributed by atoms with van der Waals surface area (Å²) in [5.41, 5.74) is 2.54. The third kappa shape index (κ3) is 3.03. The number of nitrogens with one attached hydrogen (secondary N) is 2.